The third-order valence-electron chi connectivity index (χ3n) is 3.41. The van der Waals surface area contributed by atoms with Crippen LogP contribution in [0.4, 0.5) is 0 Å². The van der Waals surface area contributed by atoms with E-state index in [2.05, 4.69) is 16.7 Å². The third-order valence-corrected chi connectivity index (χ3v) is 3.41. The Labute approximate surface area is 120 Å². The van der Waals surface area contributed by atoms with Crippen molar-refractivity contribution in [1.82, 2.24) is 10.6 Å². The van der Waals surface area contributed by atoms with Gasteiger partial charge in [0, 0.05) is 18.5 Å². The molecule has 1 fully saturated rings. The molecule has 1 aliphatic rings. The Morgan fingerprint density at radius 2 is 2.10 bits per heavy atom. The first-order valence-corrected chi connectivity index (χ1v) is 7.24. The van der Waals surface area contributed by atoms with Crippen molar-refractivity contribution in [2.45, 2.75) is 44.2 Å². The van der Waals surface area contributed by atoms with E-state index in [1.54, 1.807) is 0 Å². The zero-order chi connectivity index (χ0) is 14.2. The van der Waals surface area contributed by atoms with Crippen LogP contribution in [0.15, 0.2) is 30.3 Å². The minimum absolute atomic E-state index is 0.0488. The van der Waals surface area contributed by atoms with Crippen LogP contribution in [0.3, 0.4) is 0 Å². The average molecular weight is 271 g/mol. The quantitative estimate of drug-likeness (QED) is 0.713. The summed E-state index contributed by atoms with van der Waals surface area (Å²) in [7, 11) is 0. The molecule has 1 atom stereocenters. The molecule has 1 aliphatic carbocycles. The van der Waals surface area contributed by atoms with E-state index in [0.29, 0.717) is 18.9 Å². The number of carbonyl (C=O) groups excluding carboxylic acids is 1. The Balaban J connectivity index is 1.69. The Hall–Kier alpha value is -1.86. The SMILES string of the molecule is N#CCC(NCCCC(=O)NC1CC1)c1ccccc1. The fourth-order valence-electron chi connectivity index (χ4n) is 2.14. The maximum Gasteiger partial charge on any atom is 0.220 e. The zero-order valence-corrected chi connectivity index (χ0v) is 11.6. The number of rotatable bonds is 8. The minimum atomic E-state index is 0.0488. The highest BCUT2D eigenvalue weighted by Crippen LogP contribution is 2.19. The number of amides is 1. The minimum Gasteiger partial charge on any atom is -0.353 e. The van der Waals surface area contributed by atoms with Gasteiger partial charge in [-0.15, -0.1) is 0 Å². The molecular weight excluding hydrogens is 250 g/mol. The smallest absolute Gasteiger partial charge is 0.220 e. The normalized spacial score (nSPS) is 15.3. The highest BCUT2D eigenvalue weighted by Gasteiger charge is 2.22. The molecule has 1 aromatic rings. The zero-order valence-electron chi connectivity index (χ0n) is 11.6. The van der Waals surface area contributed by atoms with E-state index < -0.39 is 0 Å². The van der Waals surface area contributed by atoms with Gasteiger partial charge in [-0.1, -0.05) is 30.3 Å². The molecule has 1 amide bonds. The number of hydrogen-bond acceptors (Lipinski definition) is 3. The summed E-state index contributed by atoms with van der Waals surface area (Å²) in [6, 6.07) is 12.7. The van der Waals surface area contributed by atoms with Crippen molar-refractivity contribution in [2.24, 2.45) is 0 Å². The molecule has 0 spiro atoms. The summed E-state index contributed by atoms with van der Waals surface area (Å²) in [5, 5.41) is 15.2. The van der Waals surface area contributed by atoms with Crippen LogP contribution in [0.25, 0.3) is 0 Å². The molecule has 1 aromatic carbocycles. The predicted octanol–water partition coefficient (Wildman–Crippen LogP) is 2.29. The molecule has 2 N–H and O–H groups in total. The summed E-state index contributed by atoms with van der Waals surface area (Å²) in [4.78, 5) is 11.5. The van der Waals surface area contributed by atoms with Gasteiger partial charge in [0.05, 0.1) is 12.5 Å². The highest BCUT2D eigenvalue weighted by molar-refractivity contribution is 5.76. The molecular formula is C16H21N3O. The van der Waals surface area contributed by atoms with Gasteiger partial charge in [-0.3, -0.25) is 4.79 Å². The number of nitriles is 1. The molecule has 20 heavy (non-hydrogen) atoms. The maximum absolute atomic E-state index is 11.5. The Morgan fingerprint density at radius 1 is 1.35 bits per heavy atom. The maximum atomic E-state index is 11.5. The summed E-state index contributed by atoms with van der Waals surface area (Å²) < 4.78 is 0. The topological polar surface area (TPSA) is 64.9 Å². The van der Waals surface area contributed by atoms with E-state index in [4.69, 9.17) is 5.26 Å². The molecule has 1 saturated carbocycles. The van der Waals surface area contributed by atoms with Gasteiger partial charge in [-0.25, -0.2) is 0 Å². The monoisotopic (exact) mass is 271 g/mol. The standard InChI is InChI=1S/C16H21N3O/c17-11-10-15(13-5-2-1-3-6-13)18-12-4-7-16(20)19-14-8-9-14/h1-3,5-6,14-15,18H,4,7-10,12H2,(H,19,20). The highest BCUT2D eigenvalue weighted by atomic mass is 16.1. The van der Waals surface area contributed by atoms with Crippen LogP contribution in [0.1, 0.15) is 43.7 Å². The molecule has 106 valence electrons. The van der Waals surface area contributed by atoms with E-state index >= 15 is 0 Å². The van der Waals surface area contributed by atoms with E-state index in [1.807, 2.05) is 30.3 Å². The van der Waals surface area contributed by atoms with Crippen LogP contribution in [0.5, 0.6) is 0 Å². The number of hydrogen-bond donors (Lipinski definition) is 2. The van der Waals surface area contributed by atoms with Crippen LogP contribution in [-0.2, 0) is 4.79 Å². The van der Waals surface area contributed by atoms with E-state index in [-0.39, 0.29) is 11.9 Å². The second kappa shape index (κ2) is 7.66. The van der Waals surface area contributed by atoms with Crippen LogP contribution in [0, 0.1) is 11.3 Å². The summed E-state index contributed by atoms with van der Waals surface area (Å²) in [5.74, 6) is 0.144. The van der Waals surface area contributed by atoms with E-state index in [9.17, 15) is 4.79 Å². The van der Waals surface area contributed by atoms with Gasteiger partial charge >= 0.3 is 0 Å². The molecule has 4 heteroatoms. The van der Waals surface area contributed by atoms with Gasteiger partial charge in [-0.2, -0.15) is 5.26 Å². The fraction of sp³-hybridized carbons (Fsp3) is 0.500. The molecule has 2 rings (SSSR count). The van der Waals surface area contributed by atoms with Crippen molar-refractivity contribution in [3.8, 4) is 6.07 Å². The van der Waals surface area contributed by atoms with E-state index in [0.717, 1.165) is 31.4 Å². The lowest BCUT2D eigenvalue weighted by molar-refractivity contribution is -0.121. The molecule has 0 aromatic heterocycles. The van der Waals surface area contributed by atoms with Crippen molar-refractivity contribution in [3.05, 3.63) is 35.9 Å². The average Bonchev–Trinajstić information content (AvgIpc) is 3.27. The summed E-state index contributed by atoms with van der Waals surface area (Å²) >= 11 is 0. The molecule has 0 saturated heterocycles. The van der Waals surface area contributed by atoms with Crippen LogP contribution < -0.4 is 10.6 Å². The third kappa shape index (κ3) is 5.02. The molecule has 0 heterocycles. The molecule has 4 nitrogen and oxygen atoms in total. The fourth-order valence-corrected chi connectivity index (χ4v) is 2.14. The van der Waals surface area contributed by atoms with Crippen molar-refractivity contribution in [1.29, 1.82) is 5.26 Å². The Bertz CT molecular complexity index is 462. The van der Waals surface area contributed by atoms with Gasteiger partial charge in [0.25, 0.3) is 0 Å². The van der Waals surface area contributed by atoms with Gasteiger partial charge in [0.2, 0.25) is 5.91 Å². The van der Waals surface area contributed by atoms with Crippen molar-refractivity contribution in [2.75, 3.05) is 6.54 Å². The summed E-state index contributed by atoms with van der Waals surface area (Å²) in [6.07, 6.45) is 4.05. The van der Waals surface area contributed by atoms with Crippen molar-refractivity contribution >= 4 is 5.91 Å². The molecule has 1 unspecified atom stereocenters. The van der Waals surface area contributed by atoms with Crippen LogP contribution in [-0.4, -0.2) is 18.5 Å². The molecule has 0 bridgehead atoms. The lowest BCUT2D eigenvalue weighted by Gasteiger charge is -2.16. The van der Waals surface area contributed by atoms with Crippen LogP contribution in [0.2, 0.25) is 0 Å². The van der Waals surface area contributed by atoms with Crippen molar-refractivity contribution in [3.63, 3.8) is 0 Å². The largest absolute Gasteiger partial charge is 0.353 e. The number of nitrogens with zero attached hydrogens (tertiary/aromatic N) is 1. The Morgan fingerprint density at radius 3 is 2.75 bits per heavy atom. The van der Waals surface area contributed by atoms with Gasteiger partial charge in [0.15, 0.2) is 0 Å². The summed E-state index contributed by atoms with van der Waals surface area (Å²) in [6.45, 7) is 0.749. The van der Waals surface area contributed by atoms with Gasteiger partial charge < -0.3 is 10.6 Å². The van der Waals surface area contributed by atoms with Gasteiger partial charge in [0.1, 0.15) is 0 Å². The first-order valence-electron chi connectivity index (χ1n) is 7.24. The van der Waals surface area contributed by atoms with Crippen LogP contribution >= 0.6 is 0 Å². The first-order chi connectivity index (χ1) is 9.79. The lowest BCUT2D eigenvalue weighted by atomic mass is 10.0. The first kappa shape index (κ1) is 14.5. The predicted molar refractivity (Wildman–Crippen MR) is 77.8 cm³/mol. The van der Waals surface area contributed by atoms with Crippen molar-refractivity contribution < 1.29 is 4.79 Å². The van der Waals surface area contributed by atoms with Gasteiger partial charge in [-0.05, 0) is 31.4 Å². The summed E-state index contributed by atoms with van der Waals surface area (Å²) in [5.41, 5.74) is 1.12. The molecule has 0 radical (unpaired) electrons. The number of carbonyl (C=O) groups is 1. The molecule has 0 aliphatic heterocycles. The Kier molecular flexibility index (Phi) is 5.57. The number of nitrogens with one attached hydrogen (secondary N) is 2. The lowest BCUT2D eigenvalue weighted by Crippen LogP contribution is -2.27. The second-order valence-electron chi connectivity index (χ2n) is 5.22. The number of benzene rings is 1. The second-order valence-corrected chi connectivity index (χ2v) is 5.22. The van der Waals surface area contributed by atoms with E-state index in [1.165, 1.54) is 0 Å².